The van der Waals surface area contributed by atoms with Gasteiger partial charge in [-0.2, -0.15) is 0 Å². The zero-order valence-electron chi connectivity index (χ0n) is 22.1. The van der Waals surface area contributed by atoms with Crippen LogP contribution in [0, 0.1) is 5.92 Å². The van der Waals surface area contributed by atoms with Gasteiger partial charge in [0.1, 0.15) is 17.2 Å². The van der Waals surface area contributed by atoms with Gasteiger partial charge in [0.15, 0.2) is 11.6 Å². The number of rotatable bonds is 5. The highest BCUT2D eigenvalue weighted by molar-refractivity contribution is 9.10. The maximum Gasteiger partial charge on any atom is 0.238 e. The van der Waals surface area contributed by atoms with Crippen molar-refractivity contribution in [3.8, 4) is 5.75 Å². The fraction of sp³-hybridized carbons (Fsp3) is 0.147. The van der Waals surface area contributed by atoms with Crippen LogP contribution >= 0.6 is 15.9 Å². The second-order valence-electron chi connectivity index (χ2n) is 10.5. The van der Waals surface area contributed by atoms with Crippen molar-refractivity contribution < 1.29 is 19.1 Å². The summed E-state index contributed by atoms with van der Waals surface area (Å²) in [7, 11) is 1.56. The molecule has 1 amide bonds. The number of methoxy groups -OCH3 is 1. The Morgan fingerprint density at radius 2 is 1.61 bits per heavy atom. The molecule has 1 N–H and O–H groups in total. The zero-order valence-corrected chi connectivity index (χ0v) is 23.7. The molecular formula is C34H25BrN2O4. The van der Waals surface area contributed by atoms with Crippen LogP contribution in [0.5, 0.6) is 5.75 Å². The minimum atomic E-state index is -1.35. The van der Waals surface area contributed by atoms with Crippen LogP contribution in [0.3, 0.4) is 0 Å². The molecule has 0 unspecified atom stereocenters. The fourth-order valence-corrected chi connectivity index (χ4v) is 7.48. The summed E-state index contributed by atoms with van der Waals surface area (Å²) in [4.78, 5) is 45.8. The summed E-state index contributed by atoms with van der Waals surface area (Å²) in [5.74, 6) is -1.19. The predicted octanol–water partition coefficient (Wildman–Crippen LogP) is 6.44. The predicted molar refractivity (Wildman–Crippen MR) is 160 cm³/mol. The standard InChI is InChI=1S/C34H25BrN2O4/c1-41-27-16-15-22(19-25(27)35)31(39)29-28(30(38)21-10-3-2-4-11-21)34(24-13-7-8-14-26(24)36-33(34)40)32-23-12-6-5-9-20(23)17-18-37(29)32/h2-19,28-29,32H,1H3,(H,36,40)/t28-,29+,32-,34-/m0/s1. The number of para-hydroxylation sites is 1. The van der Waals surface area contributed by atoms with Crippen molar-refractivity contribution in [2.24, 2.45) is 5.92 Å². The van der Waals surface area contributed by atoms with Gasteiger partial charge >= 0.3 is 0 Å². The number of amides is 1. The minimum absolute atomic E-state index is 0.245. The first kappa shape index (κ1) is 25.5. The van der Waals surface area contributed by atoms with E-state index in [2.05, 4.69) is 21.2 Å². The number of carbonyl (C=O) groups is 3. The normalized spacial score (nSPS) is 23.5. The van der Waals surface area contributed by atoms with Crippen LogP contribution in [0.1, 0.15) is 43.4 Å². The molecule has 0 radical (unpaired) electrons. The lowest BCUT2D eigenvalue weighted by molar-refractivity contribution is -0.122. The summed E-state index contributed by atoms with van der Waals surface area (Å²) < 4.78 is 6.02. The summed E-state index contributed by atoms with van der Waals surface area (Å²) in [6, 6.07) is 28.0. The Morgan fingerprint density at radius 3 is 2.39 bits per heavy atom. The molecule has 0 bridgehead atoms. The average Bonchev–Trinajstić information content (AvgIpc) is 3.49. The first-order valence-corrected chi connectivity index (χ1v) is 14.2. The van der Waals surface area contributed by atoms with Crippen LogP contribution in [0.15, 0.2) is 108 Å². The second-order valence-corrected chi connectivity index (χ2v) is 11.4. The number of fused-ring (bicyclic) bond motifs is 6. The number of halogens is 1. The third kappa shape index (κ3) is 3.58. The van der Waals surface area contributed by atoms with E-state index in [1.165, 1.54) is 0 Å². The van der Waals surface area contributed by atoms with E-state index >= 15 is 0 Å². The van der Waals surface area contributed by atoms with Crippen LogP contribution in [-0.2, 0) is 10.2 Å². The van der Waals surface area contributed by atoms with Crippen LogP contribution in [-0.4, -0.2) is 35.5 Å². The van der Waals surface area contributed by atoms with Gasteiger partial charge in [-0.15, -0.1) is 0 Å². The highest BCUT2D eigenvalue weighted by Gasteiger charge is 2.70. The number of Topliss-reactive ketones (excluding diaryl/α,β-unsaturated/α-hetero) is 2. The van der Waals surface area contributed by atoms with E-state index in [1.807, 2.05) is 71.8 Å². The van der Waals surface area contributed by atoms with E-state index in [0.29, 0.717) is 27.0 Å². The second kappa shape index (κ2) is 9.56. The molecule has 6 nitrogen and oxygen atoms in total. The van der Waals surface area contributed by atoms with E-state index in [4.69, 9.17) is 4.74 Å². The molecule has 202 valence electrons. The molecule has 4 aromatic rings. The number of benzene rings is 4. The van der Waals surface area contributed by atoms with E-state index < -0.39 is 23.4 Å². The third-order valence-electron chi connectivity index (χ3n) is 8.62. The Balaban J connectivity index is 1.52. The largest absolute Gasteiger partial charge is 0.496 e. The van der Waals surface area contributed by atoms with Crippen molar-refractivity contribution in [3.05, 3.63) is 136 Å². The fourth-order valence-electron chi connectivity index (χ4n) is 6.94. The van der Waals surface area contributed by atoms with Gasteiger partial charge in [0.25, 0.3) is 0 Å². The summed E-state index contributed by atoms with van der Waals surface area (Å²) in [6.45, 7) is 0. The van der Waals surface area contributed by atoms with Gasteiger partial charge in [0, 0.05) is 23.0 Å². The van der Waals surface area contributed by atoms with E-state index in [0.717, 1.165) is 16.7 Å². The molecule has 1 saturated heterocycles. The summed E-state index contributed by atoms with van der Waals surface area (Å²) >= 11 is 3.51. The SMILES string of the molecule is COc1ccc(C(=O)[C@H]2[C@@H](C(=O)c3ccccc3)[C@]3(C(=O)Nc4ccccc43)[C@@H]3c4ccccc4C=CN32)cc1Br. The van der Waals surface area contributed by atoms with Gasteiger partial charge in [-0.3, -0.25) is 14.4 Å². The lowest BCUT2D eigenvalue weighted by atomic mass is 9.62. The van der Waals surface area contributed by atoms with Gasteiger partial charge in [-0.05, 0) is 63.0 Å². The molecule has 3 heterocycles. The average molecular weight is 605 g/mol. The molecule has 4 aromatic carbocycles. The Morgan fingerprint density at radius 1 is 0.878 bits per heavy atom. The molecule has 41 heavy (non-hydrogen) atoms. The molecular weight excluding hydrogens is 580 g/mol. The molecule has 0 aliphatic carbocycles. The number of ether oxygens (including phenoxy) is 1. The monoisotopic (exact) mass is 604 g/mol. The molecule has 3 aliphatic rings. The van der Waals surface area contributed by atoms with E-state index in [-0.39, 0.29) is 17.5 Å². The molecule has 3 aliphatic heterocycles. The minimum Gasteiger partial charge on any atom is -0.496 e. The topological polar surface area (TPSA) is 75.7 Å². The lowest BCUT2D eigenvalue weighted by Gasteiger charge is -2.38. The Hall–Kier alpha value is -4.49. The lowest BCUT2D eigenvalue weighted by Crippen LogP contribution is -2.49. The van der Waals surface area contributed by atoms with Crippen LogP contribution in [0.4, 0.5) is 5.69 Å². The van der Waals surface area contributed by atoms with Gasteiger partial charge in [-0.1, -0.05) is 72.8 Å². The number of ketones is 2. The molecule has 7 heteroatoms. The highest BCUT2D eigenvalue weighted by atomic mass is 79.9. The number of hydrogen-bond acceptors (Lipinski definition) is 5. The first-order chi connectivity index (χ1) is 20.0. The summed E-state index contributed by atoms with van der Waals surface area (Å²) in [5.41, 5.74) is 2.77. The molecule has 1 spiro atoms. The maximum absolute atomic E-state index is 14.7. The smallest absolute Gasteiger partial charge is 0.238 e. The van der Waals surface area contributed by atoms with E-state index in [1.54, 1.807) is 49.6 Å². The summed E-state index contributed by atoms with van der Waals surface area (Å²) in [6.07, 6.45) is 3.83. The van der Waals surface area contributed by atoms with Gasteiger partial charge in [0.2, 0.25) is 5.91 Å². The third-order valence-corrected chi connectivity index (χ3v) is 9.24. The van der Waals surface area contributed by atoms with Crippen LogP contribution in [0.2, 0.25) is 0 Å². The molecule has 1 fully saturated rings. The van der Waals surface area contributed by atoms with Crippen molar-refractivity contribution in [3.63, 3.8) is 0 Å². The van der Waals surface area contributed by atoms with Gasteiger partial charge in [0.05, 0.1) is 23.5 Å². The molecule has 0 saturated carbocycles. The molecule has 7 rings (SSSR count). The van der Waals surface area contributed by atoms with Crippen molar-refractivity contribution in [1.29, 1.82) is 0 Å². The number of nitrogens with one attached hydrogen (secondary N) is 1. The van der Waals surface area contributed by atoms with E-state index in [9.17, 15) is 14.4 Å². The van der Waals surface area contributed by atoms with Crippen molar-refractivity contribution >= 4 is 45.2 Å². The van der Waals surface area contributed by atoms with Gasteiger partial charge < -0.3 is 15.0 Å². The Bertz CT molecular complexity index is 1770. The van der Waals surface area contributed by atoms with Crippen molar-refractivity contribution in [2.75, 3.05) is 12.4 Å². The number of nitrogens with zero attached hydrogens (tertiary/aromatic N) is 1. The number of carbonyl (C=O) groups excluding carboxylic acids is 3. The highest BCUT2D eigenvalue weighted by Crippen LogP contribution is 2.62. The van der Waals surface area contributed by atoms with Crippen LogP contribution < -0.4 is 10.1 Å². The molecule has 4 atom stereocenters. The quantitative estimate of drug-likeness (QED) is 0.265. The van der Waals surface area contributed by atoms with Crippen molar-refractivity contribution in [1.82, 2.24) is 4.90 Å². The number of hydrogen-bond donors (Lipinski definition) is 1. The zero-order chi connectivity index (χ0) is 28.3. The van der Waals surface area contributed by atoms with Gasteiger partial charge in [-0.25, -0.2) is 0 Å². The first-order valence-electron chi connectivity index (χ1n) is 13.4. The number of anilines is 1. The van der Waals surface area contributed by atoms with Crippen molar-refractivity contribution in [2.45, 2.75) is 17.5 Å². The Labute approximate surface area is 245 Å². The summed E-state index contributed by atoms with van der Waals surface area (Å²) in [5, 5.41) is 3.08. The maximum atomic E-state index is 14.7. The van der Waals surface area contributed by atoms with Crippen LogP contribution in [0.25, 0.3) is 6.08 Å². The Kier molecular flexibility index (Phi) is 5.94. The molecule has 0 aromatic heterocycles.